The van der Waals surface area contributed by atoms with Gasteiger partial charge in [0, 0.05) is 12.3 Å². The Morgan fingerprint density at radius 2 is 1.84 bits per heavy atom. The quantitative estimate of drug-likeness (QED) is 0.757. The van der Waals surface area contributed by atoms with Crippen molar-refractivity contribution in [2.24, 2.45) is 0 Å². The molecule has 108 valence electrons. The zero-order chi connectivity index (χ0) is 14.1. The van der Waals surface area contributed by atoms with Gasteiger partial charge in [-0.25, -0.2) is 8.42 Å². The lowest BCUT2D eigenvalue weighted by atomic mass is 10.0. The second-order valence-corrected chi connectivity index (χ2v) is 7.31. The van der Waals surface area contributed by atoms with Crippen molar-refractivity contribution in [3.63, 3.8) is 0 Å². The third kappa shape index (κ3) is 8.01. The van der Waals surface area contributed by atoms with E-state index in [4.69, 9.17) is 0 Å². The molecule has 0 aliphatic heterocycles. The minimum atomic E-state index is -2.85. The Hall–Kier alpha value is -0.870. The Balaban J connectivity index is 2.33. The molecule has 0 aliphatic rings. The Labute approximate surface area is 117 Å². The summed E-state index contributed by atoms with van der Waals surface area (Å²) in [5, 5.41) is 3.38. The van der Waals surface area contributed by atoms with Crippen LogP contribution in [0.2, 0.25) is 0 Å². The van der Waals surface area contributed by atoms with Gasteiger partial charge in [0.15, 0.2) is 0 Å². The largest absolute Gasteiger partial charge is 0.314 e. The van der Waals surface area contributed by atoms with E-state index in [1.54, 1.807) is 0 Å². The van der Waals surface area contributed by atoms with Crippen molar-refractivity contribution in [3.8, 4) is 0 Å². The fourth-order valence-corrected chi connectivity index (χ4v) is 2.90. The Morgan fingerprint density at radius 1 is 1.16 bits per heavy atom. The molecule has 0 heterocycles. The van der Waals surface area contributed by atoms with Gasteiger partial charge in [0.05, 0.1) is 5.75 Å². The van der Waals surface area contributed by atoms with Gasteiger partial charge in [0.25, 0.3) is 0 Å². The highest BCUT2D eigenvalue weighted by molar-refractivity contribution is 7.90. The molecule has 1 aromatic rings. The molecule has 0 aromatic heterocycles. The molecule has 0 aliphatic carbocycles. The fourth-order valence-electron chi connectivity index (χ4n) is 2.19. The number of sulfone groups is 1. The Bertz CT molecular complexity index is 442. The highest BCUT2D eigenvalue weighted by Gasteiger charge is 2.11. The summed E-state index contributed by atoms with van der Waals surface area (Å²) in [6.07, 6.45) is 5.19. The van der Waals surface area contributed by atoms with Crippen LogP contribution in [0.25, 0.3) is 0 Å². The molecule has 0 fully saturated rings. The van der Waals surface area contributed by atoms with Gasteiger partial charge in [-0.1, -0.05) is 37.3 Å². The van der Waals surface area contributed by atoms with Crippen LogP contribution in [0.3, 0.4) is 0 Å². The van der Waals surface area contributed by atoms with Gasteiger partial charge < -0.3 is 5.32 Å². The van der Waals surface area contributed by atoms with E-state index >= 15 is 0 Å². The van der Waals surface area contributed by atoms with E-state index in [0.717, 1.165) is 25.8 Å². The van der Waals surface area contributed by atoms with Crippen LogP contribution in [-0.2, 0) is 16.3 Å². The van der Waals surface area contributed by atoms with E-state index < -0.39 is 9.84 Å². The summed E-state index contributed by atoms with van der Waals surface area (Å²) < 4.78 is 22.4. The number of benzene rings is 1. The minimum absolute atomic E-state index is 0.274. The van der Waals surface area contributed by atoms with Crippen molar-refractivity contribution in [2.45, 2.75) is 38.6 Å². The molecular weight excluding hydrogens is 258 g/mol. The number of rotatable bonds is 9. The zero-order valence-corrected chi connectivity index (χ0v) is 12.7. The van der Waals surface area contributed by atoms with Crippen LogP contribution in [0.15, 0.2) is 30.3 Å². The summed E-state index contributed by atoms with van der Waals surface area (Å²) >= 11 is 0. The molecule has 1 unspecified atom stereocenters. The van der Waals surface area contributed by atoms with Crippen molar-refractivity contribution in [2.75, 3.05) is 18.6 Å². The van der Waals surface area contributed by atoms with Crippen LogP contribution in [0.5, 0.6) is 0 Å². The lowest BCUT2D eigenvalue weighted by Crippen LogP contribution is -2.31. The lowest BCUT2D eigenvalue weighted by Gasteiger charge is -2.17. The molecule has 0 amide bonds. The molecule has 0 saturated carbocycles. The topological polar surface area (TPSA) is 46.2 Å². The van der Waals surface area contributed by atoms with Crippen LogP contribution in [0, 0.1) is 0 Å². The second kappa shape index (κ2) is 8.33. The summed E-state index contributed by atoms with van der Waals surface area (Å²) in [6, 6.07) is 10.7. The molecule has 1 rings (SSSR count). The van der Waals surface area contributed by atoms with E-state index in [0.29, 0.717) is 12.5 Å². The van der Waals surface area contributed by atoms with E-state index in [1.165, 1.54) is 11.8 Å². The molecule has 1 N–H and O–H groups in total. The van der Waals surface area contributed by atoms with E-state index in [1.807, 2.05) is 6.07 Å². The predicted molar refractivity (Wildman–Crippen MR) is 81.2 cm³/mol. The van der Waals surface area contributed by atoms with Crippen molar-refractivity contribution >= 4 is 9.84 Å². The highest BCUT2D eigenvalue weighted by atomic mass is 32.2. The zero-order valence-electron chi connectivity index (χ0n) is 11.9. The van der Waals surface area contributed by atoms with Crippen molar-refractivity contribution in [1.82, 2.24) is 5.32 Å². The summed E-state index contributed by atoms with van der Waals surface area (Å²) in [7, 11) is -2.85. The van der Waals surface area contributed by atoms with Crippen molar-refractivity contribution < 1.29 is 8.42 Å². The molecule has 0 saturated heterocycles. The molecule has 1 atom stereocenters. The molecule has 0 bridgehead atoms. The van der Waals surface area contributed by atoms with Crippen LogP contribution >= 0.6 is 0 Å². The number of aryl methyl sites for hydroxylation is 1. The summed E-state index contributed by atoms with van der Waals surface area (Å²) in [6.45, 7) is 2.95. The first kappa shape index (κ1) is 16.2. The fraction of sp³-hybridized carbons (Fsp3) is 0.600. The maximum atomic E-state index is 11.2. The number of hydrogen-bond acceptors (Lipinski definition) is 3. The Morgan fingerprint density at radius 3 is 2.42 bits per heavy atom. The van der Waals surface area contributed by atoms with E-state index in [2.05, 4.69) is 36.5 Å². The summed E-state index contributed by atoms with van der Waals surface area (Å²) in [5.41, 5.74) is 1.35. The van der Waals surface area contributed by atoms with Gasteiger partial charge in [0.2, 0.25) is 0 Å². The number of hydrogen-bond donors (Lipinski definition) is 1. The van der Waals surface area contributed by atoms with Crippen LogP contribution in [-0.4, -0.2) is 33.0 Å². The van der Waals surface area contributed by atoms with Gasteiger partial charge in [0.1, 0.15) is 9.84 Å². The molecule has 4 heteroatoms. The van der Waals surface area contributed by atoms with Gasteiger partial charge in [-0.3, -0.25) is 0 Å². The molecule has 3 nitrogen and oxygen atoms in total. The van der Waals surface area contributed by atoms with E-state index in [9.17, 15) is 8.42 Å². The van der Waals surface area contributed by atoms with Gasteiger partial charge >= 0.3 is 0 Å². The summed E-state index contributed by atoms with van der Waals surface area (Å²) in [4.78, 5) is 0. The van der Waals surface area contributed by atoms with Gasteiger partial charge in [-0.15, -0.1) is 0 Å². The van der Waals surface area contributed by atoms with Crippen LogP contribution < -0.4 is 5.32 Å². The normalized spacial score (nSPS) is 13.4. The second-order valence-electron chi connectivity index (χ2n) is 5.05. The standard InChI is InChI=1S/C15H25NO2S/c1-3-16-15(12-13-19(2,17)18)11-7-10-14-8-5-4-6-9-14/h4-6,8-9,15-16H,3,7,10-13H2,1-2H3. The van der Waals surface area contributed by atoms with Gasteiger partial charge in [-0.2, -0.15) is 0 Å². The molecule has 0 spiro atoms. The lowest BCUT2D eigenvalue weighted by molar-refractivity contribution is 0.465. The maximum Gasteiger partial charge on any atom is 0.147 e. The first-order chi connectivity index (χ1) is 9.01. The van der Waals surface area contributed by atoms with E-state index in [-0.39, 0.29) is 5.75 Å². The predicted octanol–water partition coefficient (Wildman–Crippen LogP) is 2.42. The molecular formula is C15H25NO2S. The summed E-state index contributed by atoms with van der Waals surface area (Å²) in [5.74, 6) is 0.274. The third-order valence-electron chi connectivity index (χ3n) is 3.19. The van der Waals surface area contributed by atoms with Crippen molar-refractivity contribution in [1.29, 1.82) is 0 Å². The first-order valence-electron chi connectivity index (χ1n) is 6.96. The number of nitrogens with one attached hydrogen (secondary N) is 1. The highest BCUT2D eigenvalue weighted by Crippen LogP contribution is 2.09. The molecule has 19 heavy (non-hydrogen) atoms. The van der Waals surface area contributed by atoms with Crippen LogP contribution in [0.1, 0.15) is 31.7 Å². The third-order valence-corrected chi connectivity index (χ3v) is 4.17. The smallest absolute Gasteiger partial charge is 0.147 e. The average molecular weight is 283 g/mol. The van der Waals surface area contributed by atoms with Crippen LogP contribution in [0.4, 0.5) is 0 Å². The minimum Gasteiger partial charge on any atom is -0.314 e. The Kier molecular flexibility index (Phi) is 7.10. The first-order valence-corrected chi connectivity index (χ1v) is 9.02. The maximum absolute atomic E-state index is 11.2. The van der Waals surface area contributed by atoms with Crippen molar-refractivity contribution in [3.05, 3.63) is 35.9 Å². The average Bonchev–Trinajstić information content (AvgIpc) is 2.36. The SMILES string of the molecule is CCNC(CCCc1ccccc1)CCS(C)(=O)=O. The monoisotopic (exact) mass is 283 g/mol. The molecule has 0 radical (unpaired) electrons. The van der Waals surface area contributed by atoms with Gasteiger partial charge in [-0.05, 0) is 37.8 Å². The molecule has 1 aromatic carbocycles.